The Kier molecular flexibility index (Phi) is 5.81. The lowest BCUT2D eigenvalue weighted by Gasteiger charge is -2.38. The molecule has 20 heavy (non-hydrogen) atoms. The zero-order valence-electron chi connectivity index (χ0n) is 12.5. The van der Waals surface area contributed by atoms with Gasteiger partial charge in [-0.3, -0.25) is 4.79 Å². The first-order chi connectivity index (χ1) is 9.65. The maximum atomic E-state index is 12.2. The summed E-state index contributed by atoms with van der Waals surface area (Å²) < 4.78 is 11.4. The van der Waals surface area contributed by atoms with Gasteiger partial charge in [-0.05, 0) is 19.8 Å². The molecule has 0 aromatic heterocycles. The lowest BCUT2D eigenvalue weighted by atomic mass is 9.93. The molecule has 0 bridgehead atoms. The van der Waals surface area contributed by atoms with Crippen molar-refractivity contribution in [2.24, 2.45) is 5.73 Å². The standard InChI is InChI=1S/C15H28N2O3/c1-12(14(18)17-13-5-3-2-4-6-13)20-15(11-16)7-9-19-10-8-15/h12-13H,2-11,16H2,1H3,(H,17,18). The fourth-order valence-electron chi connectivity index (χ4n) is 3.11. The molecule has 2 aliphatic rings. The number of nitrogens with two attached hydrogens (primary N) is 1. The fourth-order valence-corrected chi connectivity index (χ4v) is 3.11. The van der Waals surface area contributed by atoms with E-state index in [1.165, 1.54) is 19.3 Å². The normalized spacial score (nSPS) is 25.1. The van der Waals surface area contributed by atoms with Crippen molar-refractivity contribution < 1.29 is 14.3 Å². The monoisotopic (exact) mass is 284 g/mol. The van der Waals surface area contributed by atoms with Gasteiger partial charge >= 0.3 is 0 Å². The Morgan fingerprint density at radius 1 is 1.35 bits per heavy atom. The molecule has 1 amide bonds. The zero-order chi connectivity index (χ0) is 14.4. The van der Waals surface area contributed by atoms with Crippen LogP contribution in [0.2, 0.25) is 0 Å². The van der Waals surface area contributed by atoms with Crippen molar-refractivity contribution in [3.8, 4) is 0 Å². The minimum atomic E-state index is -0.446. The van der Waals surface area contributed by atoms with Crippen molar-refractivity contribution in [1.82, 2.24) is 5.32 Å². The number of nitrogens with one attached hydrogen (secondary N) is 1. The highest BCUT2D eigenvalue weighted by atomic mass is 16.5. The van der Waals surface area contributed by atoms with Crippen LogP contribution in [-0.2, 0) is 14.3 Å². The smallest absolute Gasteiger partial charge is 0.249 e. The van der Waals surface area contributed by atoms with Gasteiger partial charge in [-0.2, -0.15) is 0 Å². The van der Waals surface area contributed by atoms with E-state index in [-0.39, 0.29) is 11.5 Å². The minimum Gasteiger partial charge on any atom is -0.381 e. The van der Waals surface area contributed by atoms with Crippen molar-refractivity contribution in [2.45, 2.75) is 69.6 Å². The molecular weight excluding hydrogens is 256 g/mol. The van der Waals surface area contributed by atoms with Crippen molar-refractivity contribution in [3.05, 3.63) is 0 Å². The quantitative estimate of drug-likeness (QED) is 0.799. The first-order valence-corrected chi connectivity index (χ1v) is 7.91. The molecule has 0 radical (unpaired) electrons. The molecule has 1 aliphatic carbocycles. The molecule has 1 saturated carbocycles. The van der Waals surface area contributed by atoms with Crippen LogP contribution in [-0.4, -0.2) is 43.4 Å². The fraction of sp³-hybridized carbons (Fsp3) is 0.933. The Bertz CT molecular complexity index is 310. The van der Waals surface area contributed by atoms with E-state index in [9.17, 15) is 4.79 Å². The summed E-state index contributed by atoms with van der Waals surface area (Å²) in [5.41, 5.74) is 5.47. The van der Waals surface area contributed by atoms with E-state index in [0.29, 0.717) is 25.8 Å². The third-order valence-corrected chi connectivity index (χ3v) is 4.52. The molecule has 0 aromatic carbocycles. The molecule has 1 heterocycles. The molecule has 116 valence electrons. The van der Waals surface area contributed by atoms with E-state index in [2.05, 4.69) is 5.32 Å². The van der Waals surface area contributed by atoms with Crippen LogP contribution < -0.4 is 11.1 Å². The SMILES string of the molecule is CC(OC1(CN)CCOCC1)C(=O)NC1CCCCC1. The van der Waals surface area contributed by atoms with Crippen LogP contribution in [0, 0.1) is 0 Å². The molecule has 0 aromatic rings. The summed E-state index contributed by atoms with van der Waals surface area (Å²) in [6.07, 6.45) is 6.99. The number of amides is 1. The Labute approximate surface area is 121 Å². The second-order valence-corrected chi connectivity index (χ2v) is 6.10. The first-order valence-electron chi connectivity index (χ1n) is 7.91. The Balaban J connectivity index is 1.82. The van der Waals surface area contributed by atoms with Gasteiger partial charge in [-0.1, -0.05) is 19.3 Å². The van der Waals surface area contributed by atoms with E-state index in [1.54, 1.807) is 0 Å². The Hall–Kier alpha value is -0.650. The summed E-state index contributed by atoms with van der Waals surface area (Å²) >= 11 is 0. The third kappa shape index (κ3) is 4.17. The maximum Gasteiger partial charge on any atom is 0.249 e. The van der Waals surface area contributed by atoms with Gasteiger partial charge in [0.15, 0.2) is 0 Å². The molecule has 0 spiro atoms. The molecule has 3 N–H and O–H groups in total. The lowest BCUT2D eigenvalue weighted by Crippen LogP contribution is -2.51. The Morgan fingerprint density at radius 3 is 2.60 bits per heavy atom. The molecule has 2 fully saturated rings. The zero-order valence-corrected chi connectivity index (χ0v) is 12.5. The molecule has 1 unspecified atom stereocenters. The van der Waals surface area contributed by atoms with E-state index < -0.39 is 6.10 Å². The molecule has 1 aliphatic heterocycles. The highest BCUT2D eigenvalue weighted by molar-refractivity contribution is 5.80. The molecule has 1 atom stereocenters. The van der Waals surface area contributed by atoms with Crippen molar-refractivity contribution in [3.63, 3.8) is 0 Å². The number of carbonyl (C=O) groups excluding carboxylic acids is 1. The van der Waals surface area contributed by atoms with Crippen molar-refractivity contribution >= 4 is 5.91 Å². The van der Waals surface area contributed by atoms with E-state index >= 15 is 0 Å². The van der Waals surface area contributed by atoms with Gasteiger partial charge in [0.25, 0.3) is 0 Å². The highest BCUT2D eigenvalue weighted by Gasteiger charge is 2.35. The second kappa shape index (κ2) is 7.38. The van der Waals surface area contributed by atoms with Crippen LogP contribution in [0.15, 0.2) is 0 Å². The van der Waals surface area contributed by atoms with Crippen LogP contribution >= 0.6 is 0 Å². The summed E-state index contributed by atoms with van der Waals surface area (Å²) in [7, 11) is 0. The third-order valence-electron chi connectivity index (χ3n) is 4.52. The molecule has 5 heteroatoms. The van der Waals surface area contributed by atoms with Crippen molar-refractivity contribution in [1.29, 1.82) is 0 Å². The lowest BCUT2D eigenvalue weighted by molar-refractivity contribution is -0.158. The largest absolute Gasteiger partial charge is 0.381 e. The number of ether oxygens (including phenoxy) is 2. The molecule has 5 nitrogen and oxygen atoms in total. The highest BCUT2D eigenvalue weighted by Crippen LogP contribution is 2.26. The second-order valence-electron chi connectivity index (χ2n) is 6.10. The van der Waals surface area contributed by atoms with Crippen LogP contribution in [0.3, 0.4) is 0 Å². The minimum absolute atomic E-state index is 0.00350. The van der Waals surface area contributed by atoms with E-state index in [4.69, 9.17) is 15.2 Å². The van der Waals surface area contributed by atoms with Gasteiger partial charge in [0.2, 0.25) is 5.91 Å². The van der Waals surface area contributed by atoms with Crippen LogP contribution in [0.25, 0.3) is 0 Å². The molecular formula is C15H28N2O3. The molecule has 1 saturated heterocycles. The van der Waals surface area contributed by atoms with Gasteiger partial charge in [0.1, 0.15) is 6.10 Å². The van der Waals surface area contributed by atoms with Crippen LogP contribution in [0.5, 0.6) is 0 Å². The van der Waals surface area contributed by atoms with Crippen molar-refractivity contribution in [2.75, 3.05) is 19.8 Å². The summed E-state index contributed by atoms with van der Waals surface area (Å²) in [5.74, 6) is -0.00350. The van der Waals surface area contributed by atoms with Gasteiger partial charge < -0.3 is 20.5 Å². The first kappa shape index (κ1) is 15.7. The number of hydrogen-bond acceptors (Lipinski definition) is 4. The average molecular weight is 284 g/mol. The maximum absolute atomic E-state index is 12.2. The summed E-state index contributed by atoms with van der Waals surface area (Å²) in [5, 5.41) is 3.11. The summed E-state index contributed by atoms with van der Waals surface area (Å²) in [4.78, 5) is 12.2. The predicted octanol–water partition coefficient (Wildman–Crippen LogP) is 1.35. The Morgan fingerprint density at radius 2 is 2.00 bits per heavy atom. The molecule has 2 rings (SSSR count). The number of rotatable bonds is 5. The average Bonchev–Trinajstić information content (AvgIpc) is 2.49. The summed E-state index contributed by atoms with van der Waals surface area (Å²) in [6.45, 7) is 3.59. The number of hydrogen-bond donors (Lipinski definition) is 2. The van der Waals surface area contributed by atoms with Gasteiger partial charge in [0, 0.05) is 38.6 Å². The number of carbonyl (C=O) groups is 1. The predicted molar refractivity (Wildman–Crippen MR) is 77.4 cm³/mol. The van der Waals surface area contributed by atoms with Crippen LogP contribution in [0.1, 0.15) is 51.9 Å². The van der Waals surface area contributed by atoms with E-state index in [1.807, 2.05) is 6.92 Å². The summed E-state index contributed by atoms with van der Waals surface area (Å²) in [6, 6.07) is 0.325. The van der Waals surface area contributed by atoms with Crippen LogP contribution in [0.4, 0.5) is 0 Å². The van der Waals surface area contributed by atoms with E-state index in [0.717, 1.165) is 25.7 Å². The topological polar surface area (TPSA) is 73.6 Å². The van der Waals surface area contributed by atoms with Gasteiger partial charge in [-0.15, -0.1) is 0 Å². The van der Waals surface area contributed by atoms with Gasteiger partial charge in [-0.25, -0.2) is 0 Å². The van der Waals surface area contributed by atoms with Gasteiger partial charge in [0.05, 0.1) is 5.60 Å².